The van der Waals surface area contributed by atoms with E-state index in [-0.39, 0.29) is 11.6 Å². The zero-order valence-corrected chi connectivity index (χ0v) is 20.5. The number of urea groups is 1. The molecule has 0 bridgehead atoms. The number of H-pyrrole nitrogens is 1. The Morgan fingerprint density at radius 1 is 1.09 bits per heavy atom. The molecule has 1 aromatic carbocycles. The Balaban J connectivity index is 1.28. The first-order chi connectivity index (χ1) is 16.6. The summed E-state index contributed by atoms with van der Waals surface area (Å²) in [6.45, 7) is 12.0. The van der Waals surface area contributed by atoms with Crippen molar-refractivity contribution in [3.8, 4) is 0 Å². The summed E-state index contributed by atoms with van der Waals surface area (Å²) in [5.74, 6) is 1.23. The second-order valence-corrected chi connectivity index (χ2v) is 9.27. The molecule has 9 heteroatoms. The summed E-state index contributed by atoms with van der Waals surface area (Å²) >= 11 is 0. The molecule has 0 saturated carbocycles. The van der Waals surface area contributed by atoms with E-state index in [1.165, 1.54) is 0 Å². The summed E-state index contributed by atoms with van der Waals surface area (Å²) in [4.78, 5) is 39.4. The van der Waals surface area contributed by atoms with Crippen LogP contribution in [0.1, 0.15) is 32.5 Å². The second-order valence-electron chi connectivity index (χ2n) is 9.27. The minimum Gasteiger partial charge on any atom is -0.379 e. The van der Waals surface area contributed by atoms with Crippen molar-refractivity contribution < 1.29 is 9.53 Å². The number of aromatic amines is 1. The molecule has 1 unspecified atom stereocenters. The predicted octanol–water partition coefficient (Wildman–Crippen LogP) is 1.89. The summed E-state index contributed by atoms with van der Waals surface area (Å²) in [6.07, 6.45) is 2.22. The van der Waals surface area contributed by atoms with E-state index in [1.54, 1.807) is 6.07 Å². The number of benzene rings is 1. The molecule has 9 nitrogen and oxygen atoms in total. The van der Waals surface area contributed by atoms with E-state index < -0.39 is 0 Å². The Hall–Kier alpha value is -2.49. The normalized spacial score (nSPS) is 19.0. The van der Waals surface area contributed by atoms with Crippen molar-refractivity contribution in [2.75, 3.05) is 59.0 Å². The molecule has 4 rings (SSSR count). The summed E-state index contributed by atoms with van der Waals surface area (Å²) in [7, 11) is 0. The van der Waals surface area contributed by atoms with Gasteiger partial charge in [0.25, 0.3) is 5.56 Å². The molecule has 0 spiro atoms. The Kier molecular flexibility index (Phi) is 8.53. The zero-order chi connectivity index (χ0) is 23.9. The van der Waals surface area contributed by atoms with Crippen molar-refractivity contribution in [1.29, 1.82) is 0 Å². The van der Waals surface area contributed by atoms with E-state index in [0.717, 1.165) is 52.2 Å². The predicted molar refractivity (Wildman–Crippen MR) is 133 cm³/mol. The Morgan fingerprint density at radius 3 is 2.50 bits per heavy atom. The number of nitrogens with one attached hydrogen (secondary N) is 2. The van der Waals surface area contributed by atoms with Crippen LogP contribution < -0.4 is 10.9 Å². The van der Waals surface area contributed by atoms with Crippen molar-refractivity contribution in [2.45, 2.75) is 39.3 Å². The van der Waals surface area contributed by atoms with Gasteiger partial charge in [-0.15, -0.1) is 0 Å². The number of piperazine rings is 1. The summed E-state index contributed by atoms with van der Waals surface area (Å²) in [6, 6.07) is 7.75. The highest BCUT2D eigenvalue weighted by Crippen LogP contribution is 2.20. The minimum absolute atomic E-state index is 0.0149. The SMILES string of the molecule is CCC(CC)C(CNC(=O)N1CCN(Cc2nc3ccccc3c(=O)[nH]2)CC1)N1CCOCC1. The molecule has 0 aliphatic carbocycles. The van der Waals surface area contributed by atoms with Gasteiger partial charge in [0.2, 0.25) is 0 Å². The van der Waals surface area contributed by atoms with Crippen LogP contribution in [0.2, 0.25) is 0 Å². The minimum atomic E-state index is -0.106. The van der Waals surface area contributed by atoms with Crippen LogP contribution in [0.25, 0.3) is 10.9 Å². The highest BCUT2D eigenvalue weighted by atomic mass is 16.5. The Bertz CT molecular complexity index is 994. The van der Waals surface area contributed by atoms with Crippen LogP contribution in [0, 0.1) is 5.92 Å². The lowest BCUT2D eigenvalue weighted by Crippen LogP contribution is -2.56. The fourth-order valence-electron chi connectivity index (χ4n) is 5.17. The van der Waals surface area contributed by atoms with E-state index in [1.807, 2.05) is 23.1 Å². The van der Waals surface area contributed by atoms with Gasteiger partial charge in [-0.05, 0) is 18.1 Å². The van der Waals surface area contributed by atoms with Crippen molar-refractivity contribution in [3.05, 3.63) is 40.4 Å². The molecule has 0 radical (unpaired) electrons. The number of ether oxygens (including phenoxy) is 1. The highest BCUT2D eigenvalue weighted by molar-refractivity contribution is 5.77. The van der Waals surface area contributed by atoms with Gasteiger partial charge in [-0.1, -0.05) is 38.8 Å². The number of hydrogen-bond acceptors (Lipinski definition) is 6. The molecule has 2 aliphatic rings. The van der Waals surface area contributed by atoms with Gasteiger partial charge in [0.15, 0.2) is 0 Å². The first-order valence-corrected chi connectivity index (χ1v) is 12.6. The monoisotopic (exact) mass is 470 g/mol. The standard InChI is InChI=1S/C25H38N6O3/c1-3-19(4-2)22(30-13-15-34-16-14-30)17-26-25(33)31-11-9-29(10-12-31)18-23-27-21-8-6-5-7-20(21)24(32)28-23/h5-8,19,22H,3-4,9-18H2,1-2H3,(H,26,33)(H,27,28,32). The maximum absolute atomic E-state index is 12.9. The van der Waals surface area contributed by atoms with E-state index in [0.29, 0.717) is 54.9 Å². The molecule has 34 heavy (non-hydrogen) atoms. The largest absolute Gasteiger partial charge is 0.379 e. The summed E-state index contributed by atoms with van der Waals surface area (Å²) in [5, 5.41) is 3.83. The van der Waals surface area contributed by atoms with Gasteiger partial charge in [0, 0.05) is 51.9 Å². The molecule has 2 aromatic rings. The number of nitrogens with zero attached hydrogens (tertiary/aromatic N) is 4. The van der Waals surface area contributed by atoms with E-state index >= 15 is 0 Å². The van der Waals surface area contributed by atoms with Crippen LogP contribution in [-0.4, -0.2) is 95.8 Å². The molecule has 2 fully saturated rings. The molecule has 186 valence electrons. The van der Waals surface area contributed by atoms with Gasteiger partial charge in [-0.3, -0.25) is 14.6 Å². The molecule has 2 amide bonds. The molecule has 2 aliphatic heterocycles. The fraction of sp³-hybridized carbons (Fsp3) is 0.640. The second kappa shape index (κ2) is 11.8. The summed E-state index contributed by atoms with van der Waals surface area (Å²) in [5.41, 5.74) is 0.609. The van der Waals surface area contributed by atoms with Crippen LogP contribution in [-0.2, 0) is 11.3 Å². The maximum atomic E-state index is 12.9. The Labute approximate surface area is 201 Å². The highest BCUT2D eigenvalue weighted by Gasteiger charge is 2.28. The molecular formula is C25H38N6O3. The van der Waals surface area contributed by atoms with Crippen molar-refractivity contribution >= 4 is 16.9 Å². The third-order valence-corrected chi connectivity index (χ3v) is 7.26. The fourth-order valence-corrected chi connectivity index (χ4v) is 5.17. The van der Waals surface area contributed by atoms with Crippen molar-refractivity contribution in [3.63, 3.8) is 0 Å². The van der Waals surface area contributed by atoms with E-state index in [9.17, 15) is 9.59 Å². The smallest absolute Gasteiger partial charge is 0.317 e. The number of carbonyl (C=O) groups is 1. The van der Waals surface area contributed by atoms with Crippen molar-refractivity contribution in [1.82, 2.24) is 30.0 Å². The van der Waals surface area contributed by atoms with Gasteiger partial charge in [-0.2, -0.15) is 0 Å². The van der Waals surface area contributed by atoms with Gasteiger partial charge in [0.05, 0.1) is 30.7 Å². The number of aromatic nitrogens is 2. The number of rotatable bonds is 8. The van der Waals surface area contributed by atoms with Crippen LogP contribution >= 0.6 is 0 Å². The Morgan fingerprint density at radius 2 is 1.79 bits per heavy atom. The quantitative estimate of drug-likeness (QED) is 0.612. The van der Waals surface area contributed by atoms with Crippen LogP contribution in [0.5, 0.6) is 0 Å². The molecule has 3 heterocycles. The number of para-hydroxylation sites is 1. The number of carbonyl (C=O) groups excluding carboxylic acids is 1. The lowest BCUT2D eigenvalue weighted by Gasteiger charge is -2.39. The van der Waals surface area contributed by atoms with Crippen LogP contribution in [0.4, 0.5) is 4.79 Å². The topological polar surface area (TPSA) is 93.8 Å². The molecule has 2 saturated heterocycles. The first kappa shape index (κ1) is 24.6. The van der Waals surface area contributed by atoms with Crippen LogP contribution in [0.15, 0.2) is 29.1 Å². The van der Waals surface area contributed by atoms with E-state index in [2.05, 4.69) is 38.9 Å². The number of amides is 2. The maximum Gasteiger partial charge on any atom is 0.317 e. The van der Waals surface area contributed by atoms with Gasteiger partial charge < -0.3 is 19.9 Å². The zero-order valence-electron chi connectivity index (χ0n) is 20.5. The van der Waals surface area contributed by atoms with E-state index in [4.69, 9.17) is 4.74 Å². The van der Waals surface area contributed by atoms with Crippen LogP contribution in [0.3, 0.4) is 0 Å². The average molecular weight is 471 g/mol. The van der Waals surface area contributed by atoms with Gasteiger partial charge in [0.1, 0.15) is 5.82 Å². The first-order valence-electron chi connectivity index (χ1n) is 12.6. The molecule has 1 aromatic heterocycles. The van der Waals surface area contributed by atoms with Gasteiger partial charge >= 0.3 is 6.03 Å². The molecule has 2 N–H and O–H groups in total. The third kappa shape index (κ3) is 5.95. The molecule has 1 atom stereocenters. The third-order valence-electron chi connectivity index (χ3n) is 7.26. The number of morpholine rings is 1. The average Bonchev–Trinajstić information content (AvgIpc) is 2.87. The van der Waals surface area contributed by atoms with Crippen molar-refractivity contribution in [2.24, 2.45) is 5.92 Å². The summed E-state index contributed by atoms with van der Waals surface area (Å²) < 4.78 is 5.53. The number of fused-ring (bicyclic) bond motifs is 1. The lowest BCUT2D eigenvalue weighted by molar-refractivity contribution is 0.00199. The molecular weight excluding hydrogens is 432 g/mol. The number of hydrogen-bond donors (Lipinski definition) is 2. The lowest BCUT2D eigenvalue weighted by atomic mass is 9.92. The van der Waals surface area contributed by atoms with Gasteiger partial charge in [-0.25, -0.2) is 9.78 Å².